The summed E-state index contributed by atoms with van der Waals surface area (Å²) in [6, 6.07) is 6.11. The first kappa shape index (κ1) is 20.4. The van der Waals surface area contributed by atoms with E-state index >= 15 is 0 Å². The van der Waals surface area contributed by atoms with Crippen LogP contribution < -0.4 is 10.1 Å². The van der Waals surface area contributed by atoms with E-state index in [1.807, 2.05) is 11.5 Å². The zero-order chi connectivity index (χ0) is 19.9. The summed E-state index contributed by atoms with van der Waals surface area (Å²) < 4.78 is 20.6. The average molecular weight is 405 g/mol. The Labute approximate surface area is 168 Å². The van der Waals surface area contributed by atoms with Gasteiger partial charge in [-0.2, -0.15) is 0 Å². The molecule has 0 bridgehead atoms. The van der Waals surface area contributed by atoms with E-state index in [0.29, 0.717) is 29.3 Å². The Morgan fingerprint density at radius 2 is 2.11 bits per heavy atom. The fraction of sp³-hybridized carbons (Fsp3) is 0.450. The summed E-state index contributed by atoms with van der Waals surface area (Å²) in [5, 5.41) is 11.9. The zero-order valence-electron chi connectivity index (χ0n) is 15.9. The standard InChI is InChI=1S/C20H25FN4O2S/c1-3-12-25-18(13-27-17-10-8-15(21)9-11-17)23-24-20(25)28-14(2)19(26)22-16-6-4-5-7-16/h3,8-11,14,16H,1,4-7,12-13H2,2H3,(H,22,26)/t14-/m0/s1. The number of carbonyl (C=O) groups is 1. The van der Waals surface area contributed by atoms with Crippen molar-refractivity contribution >= 4 is 17.7 Å². The largest absolute Gasteiger partial charge is 0.486 e. The lowest BCUT2D eigenvalue weighted by molar-refractivity contribution is -0.120. The van der Waals surface area contributed by atoms with Crippen LogP contribution in [-0.2, 0) is 17.9 Å². The molecule has 1 aromatic carbocycles. The Balaban J connectivity index is 1.62. The average Bonchev–Trinajstić information content (AvgIpc) is 3.32. The molecule has 6 nitrogen and oxygen atoms in total. The fourth-order valence-corrected chi connectivity index (χ4v) is 3.99. The van der Waals surface area contributed by atoms with Crippen molar-refractivity contribution in [3.05, 3.63) is 48.6 Å². The Morgan fingerprint density at radius 1 is 1.39 bits per heavy atom. The van der Waals surface area contributed by atoms with Crippen molar-refractivity contribution in [2.75, 3.05) is 0 Å². The molecule has 8 heteroatoms. The summed E-state index contributed by atoms with van der Waals surface area (Å²) in [5.74, 6) is 0.878. The third-order valence-corrected chi connectivity index (χ3v) is 5.72. The molecule has 150 valence electrons. The van der Waals surface area contributed by atoms with Gasteiger partial charge in [-0.15, -0.1) is 16.8 Å². The van der Waals surface area contributed by atoms with Crippen molar-refractivity contribution in [3.8, 4) is 5.75 Å². The highest BCUT2D eigenvalue weighted by atomic mass is 32.2. The number of amides is 1. The lowest BCUT2D eigenvalue weighted by atomic mass is 10.2. The van der Waals surface area contributed by atoms with Gasteiger partial charge in [-0.3, -0.25) is 9.36 Å². The minimum Gasteiger partial charge on any atom is -0.486 e. The van der Waals surface area contributed by atoms with Gasteiger partial charge in [0.1, 0.15) is 18.2 Å². The van der Waals surface area contributed by atoms with Gasteiger partial charge < -0.3 is 10.1 Å². The number of hydrogen-bond acceptors (Lipinski definition) is 5. The molecule has 0 unspecified atom stereocenters. The molecule has 3 rings (SSSR count). The number of nitrogens with one attached hydrogen (secondary N) is 1. The van der Waals surface area contributed by atoms with Crippen LogP contribution in [0.15, 0.2) is 42.1 Å². The SMILES string of the molecule is C=CCn1c(COc2ccc(F)cc2)nnc1S[C@@H](C)C(=O)NC1CCCC1. The molecule has 1 saturated carbocycles. The van der Waals surface area contributed by atoms with Crippen LogP contribution in [-0.4, -0.2) is 32.0 Å². The summed E-state index contributed by atoms with van der Waals surface area (Å²) in [5.41, 5.74) is 0. The van der Waals surface area contributed by atoms with E-state index in [1.165, 1.54) is 36.7 Å². The molecule has 0 aliphatic heterocycles. The number of hydrogen-bond donors (Lipinski definition) is 1. The Kier molecular flexibility index (Phi) is 7.08. The summed E-state index contributed by atoms with van der Waals surface area (Å²) in [4.78, 5) is 12.5. The third-order valence-electron chi connectivity index (χ3n) is 4.64. The zero-order valence-corrected chi connectivity index (χ0v) is 16.8. The molecular formula is C20H25FN4O2S. The Bertz CT molecular complexity index is 803. The van der Waals surface area contributed by atoms with Crippen LogP contribution in [0.25, 0.3) is 0 Å². The molecule has 1 N–H and O–H groups in total. The van der Waals surface area contributed by atoms with Gasteiger partial charge in [-0.25, -0.2) is 4.39 Å². The number of carbonyl (C=O) groups excluding carboxylic acids is 1. The highest BCUT2D eigenvalue weighted by Crippen LogP contribution is 2.25. The predicted octanol–water partition coefficient (Wildman–Crippen LogP) is 3.72. The molecule has 1 heterocycles. The van der Waals surface area contributed by atoms with Crippen molar-refractivity contribution in [1.82, 2.24) is 20.1 Å². The summed E-state index contributed by atoms with van der Waals surface area (Å²) in [6.07, 6.45) is 6.22. The first-order valence-corrected chi connectivity index (χ1v) is 10.3. The van der Waals surface area contributed by atoms with E-state index in [0.717, 1.165) is 12.8 Å². The Morgan fingerprint density at radius 3 is 2.79 bits per heavy atom. The van der Waals surface area contributed by atoms with Crippen molar-refractivity contribution in [1.29, 1.82) is 0 Å². The highest BCUT2D eigenvalue weighted by molar-refractivity contribution is 8.00. The summed E-state index contributed by atoms with van der Waals surface area (Å²) >= 11 is 1.37. The lowest BCUT2D eigenvalue weighted by Gasteiger charge is -2.16. The van der Waals surface area contributed by atoms with Gasteiger partial charge in [-0.1, -0.05) is 30.7 Å². The maximum absolute atomic E-state index is 13.0. The van der Waals surface area contributed by atoms with E-state index in [9.17, 15) is 9.18 Å². The molecule has 1 aliphatic rings. The van der Waals surface area contributed by atoms with Crippen LogP contribution in [0.3, 0.4) is 0 Å². The van der Waals surface area contributed by atoms with Gasteiger partial charge in [-0.05, 0) is 44.0 Å². The van der Waals surface area contributed by atoms with Crippen LogP contribution >= 0.6 is 11.8 Å². The third kappa shape index (κ3) is 5.34. The smallest absolute Gasteiger partial charge is 0.233 e. The molecule has 0 spiro atoms. The van der Waals surface area contributed by atoms with E-state index in [4.69, 9.17) is 4.74 Å². The number of thioether (sulfide) groups is 1. The molecule has 1 aliphatic carbocycles. The van der Waals surface area contributed by atoms with Crippen molar-refractivity contribution < 1.29 is 13.9 Å². The maximum Gasteiger partial charge on any atom is 0.233 e. The predicted molar refractivity (Wildman–Crippen MR) is 107 cm³/mol. The van der Waals surface area contributed by atoms with Crippen molar-refractivity contribution in [3.63, 3.8) is 0 Å². The van der Waals surface area contributed by atoms with Gasteiger partial charge in [0.15, 0.2) is 11.0 Å². The Hall–Kier alpha value is -2.35. The first-order chi connectivity index (χ1) is 13.6. The number of nitrogens with zero attached hydrogens (tertiary/aromatic N) is 3. The number of rotatable bonds is 9. The molecule has 1 atom stereocenters. The number of benzene rings is 1. The summed E-state index contributed by atoms with van der Waals surface area (Å²) in [7, 11) is 0. The molecular weight excluding hydrogens is 379 g/mol. The minimum atomic E-state index is -0.314. The van der Waals surface area contributed by atoms with Crippen LogP contribution in [0.5, 0.6) is 5.75 Å². The number of ether oxygens (including phenoxy) is 1. The van der Waals surface area contributed by atoms with Gasteiger partial charge in [0.2, 0.25) is 5.91 Å². The van der Waals surface area contributed by atoms with Crippen molar-refractivity contribution in [2.45, 2.75) is 62.2 Å². The van der Waals surface area contributed by atoms with Gasteiger partial charge >= 0.3 is 0 Å². The monoisotopic (exact) mass is 404 g/mol. The minimum absolute atomic E-state index is 0.0224. The van der Waals surface area contributed by atoms with Crippen molar-refractivity contribution in [2.24, 2.45) is 0 Å². The van der Waals surface area contributed by atoms with Crippen LogP contribution in [0.4, 0.5) is 4.39 Å². The molecule has 1 fully saturated rings. The van der Waals surface area contributed by atoms with E-state index in [1.54, 1.807) is 18.2 Å². The molecule has 1 amide bonds. The highest BCUT2D eigenvalue weighted by Gasteiger charge is 2.23. The number of aromatic nitrogens is 3. The second-order valence-corrected chi connectivity index (χ2v) is 8.10. The van der Waals surface area contributed by atoms with Gasteiger partial charge in [0.05, 0.1) is 5.25 Å². The lowest BCUT2D eigenvalue weighted by Crippen LogP contribution is -2.37. The number of allylic oxidation sites excluding steroid dienone is 1. The molecule has 2 aromatic rings. The molecule has 28 heavy (non-hydrogen) atoms. The summed E-state index contributed by atoms with van der Waals surface area (Å²) in [6.45, 7) is 6.35. The quantitative estimate of drug-likeness (QED) is 0.510. The van der Waals surface area contributed by atoms with E-state index in [2.05, 4.69) is 22.1 Å². The first-order valence-electron chi connectivity index (χ1n) is 9.45. The van der Waals surface area contributed by atoms with E-state index in [-0.39, 0.29) is 23.6 Å². The van der Waals surface area contributed by atoms with Crippen LogP contribution in [0.1, 0.15) is 38.4 Å². The van der Waals surface area contributed by atoms with Crippen LogP contribution in [0, 0.1) is 5.82 Å². The number of halogens is 1. The molecule has 0 radical (unpaired) electrons. The topological polar surface area (TPSA) is 69.0 Å². The van der Waals surface area contributed by atoms with Gasteiger partial charge in [0.25, 0.3) is 0 Å². The molecule has 0 saturated heterocycles. The maximum atomic E-state index is 13.0. The second kappa shape index (κ2) is 9.73. The normalized spacial score (nSPS) is 15.4. The fourth-order valence-electron chi connectivity index (χ4n) is 3.10. The molecule has 1 aromatic heterocycles. The van der Waals surface area contributed by atoms with E-state index < -0.39 is 0 Å². The van der Waals surface area contributed by atoms with Crippen LogP contribution in [0.2, 0.25) is 0 Å². The van der Waals surface area contributed by atoms with Gasteiger partial charge in [0, 0.05) is 12.6 Å². The second-order valence-electron chi connectivity index (χ2n) is 6.79.